The predicted octanol–water partition coefficient (Wildman–Crippen LogP) is 5.12. The van der Waals surface area contributed by atoms with Gasteiger partial charge in [-0.15, -0.1) is 0 Å². The van der Waals surface area contributed by atoms with Gasteiger partial charge in [0.15, 0.2) is 0 Å². The fraction of sp³-hybridized carbons (Fsp3) is 0.273. The van der Waals surface area contributed by atoms with Crippen LogP contribution in [0.4, 0.5) is 0 Å². The maximum Gasteiger partial charge on any atom is 0.0340 e. The molecule has 0 aromatic heterocycles. The molecule has 132 valence electrons. The van der Waals surface area contributed by atoms with Crippen molar-refractivity contribution in [3.8, 4) is 11.1 Å². The summed E-state index contributed by atoms with van der Waals surface area (Å²) in [7, 11) is 0. The molecule has 2 aromatic carbocycles. The highest BCUT2D eigenvalue weighted by Crippen LogP contribution is 2.21. The molecule has 2 aromatic rings. The highest BCUT2D eigenvalue weighted by Gasteiger charge is 2.00. The number of unbranched alkanes of at least 4 members (excludes halogenated alkanes) is 2. The van der Waals surface area contributed by atoms with Crippen molar-refractivity contribution in [3.63, 3.8) is 0 Å². The van der Waals surface area contributed by atoms with Gasteiger partial charge >= 0.3 is 0 Å². The second-order valence-electron chi connectivity index (χ2n) is 6.10. The largest absolute Gasteiger partial charge is 0.388 e. The van der Waals surface area contributed by atoms with Crippen molar-refractivity contribution in [2.24, 2.45) is 0 Å². The maximum absolute atomic E-state index is 4.18. The van der Waals surface area contributed by atoms with E-state index in [9.17, 15) is 0 Å². The lowest BCUT2D eigenvalue weighted by atomic mass is 10.0. The summed E-state index contributed by atoms with van der Waals surface area (Å²) in [6.07, 6.45) is 3.46. The molecule has 0 aliphatic carbocycles. The first-order valence-electron chi connectivity index (χ1n) is 8.82. The summed E-state index contributed by atoms with van der Waals surface area (Å²) in [6, 6.07) is 19.0. The number of benzene rings is 2. The van der Waals surface area contributed by atoms with Crippen LogP contribution < -0.4 is 10.6 Å². The number of nitrogens with one attached hydrogen (secondary N) is 2. The molecular weight excluding hydrogens is 324 g/mol. The number of rotatable bonds is 11. The highest BCUT2D eigenvalue weighted by molar-refractivity contribution is 7.80. The molecule has 0 saturated carbocycles. The fourth-order valence-corrected chi connectivity index (χ4v) is 2.70. The summed E-state index contributed by atoms with van der Waals surface area (Å²) in [4.78, 5) is 0. The molecule has 0 spiro atoms. The van der Waals surface area contributed by atoms with E-state index in [2.05, 4.69) is 85.0 Å². The topological polar surface area (TPSA) is 24.1 Å². The van der Waals surface area contributed by atoms with Crippen LogP contribution in [0.5, 0.6) is 0 Å². The zero-order chi connectivity index (χ0) is 17.9. The molecule has 0 fully saturated rings. The Hall–Kier alpha value is -2.13. The third kappa shape index (κ3) is 6.71. The van der Waals surface area contributed by atoms with Gasteiger partial charge in [-0.3, -0.25) is 0 Å². The molecule has 0 aliphatic rings. The molecule has 3 heteroatoms. The maximum atomic E-state index is 4.18. The number of thiol groups is 1. The number of hydrogen-bond donors (Lipinski definition) is 3. The second kappa shape index (κ2) is 10.7. The lowest BCUT2D eigenvalue weighted by Gasteiger charge is -2.11. The summed E-state index contributed by atoms with van der Waals surface area (Å²) in [5.74, 6) is 0.699. The Bertz CT molecular complexity index is 662. The molecule has 0 radical (unpaired) electrons. The van der Waals surface area contributed by atoms with Crippen LogP contribution in [0.1, 0.15) is 24.8 Å². The molecule has 2 rings (SSSR count). The SMILES string of the molecule is C=C(CS)NCCCCCNC(=C)c1ccc(-c2ccccc2)cc1. The highest BCUT2D eigenvalue weighted by atomic mass is 32.1. The van der Waals surface area contributed by atoms with Crippen LogP contribution in [0.15, 0.2) is 73.5 Å². The van der Waals surface area contributed by atoms with Gasteiger partial charge in [0, 0.05) is 30.2 Å². The normalized spacial score (nSPS) is 10.3. The van der Waals surface area contributed by atoms with E-state index in [1.165, 1.54) is 17.5 Å². The van der Waals surface area contributed by atoms with Crippen LogP contribution in [0.2, 0.25) is 0 Å². The Morgan fingerprint density at radius 3 is 2.00 bits per heavy atom. The summed E-state index contributed by atoms with van der Waals surface area (Å²) < 4.78 is 0. The van der Waals surface area contributed by atoms with Crippen LogP contribution in [-0.2, 0) is 0 Å². The smallest absolute Gasteiger partial charge is 0.0340 e. The summed E-state index contributed by atoms with van der Waals surface area (Å²) in [5.41, 5.74) is 5.59. The zero-order valence-corrected chi connectivity index (χ0v) is 15.7. The molecule has 0 saturated heterocycles. The van der Waals surface area contributed by atoms with Gasteiger partial charge in [0.25, 0.3) is 0 Å². The minimum atomic E-state index is 0.699. The molecule has 0 unspecified atom stereocenters. The van der Waals surface area contributed by atoms with Gasteiger partial charge in [-0.25, -0.2) is 0 Å². The Morgan fingerprint density at radius 1 is 0.760 bits per heavy atom. The lowest BCUT2D eigenvalue weighted by molar-refractivity contribution is 0.633. The summed E-state index contributed by atoms with van der Waals surface area (Å²) in [6.45, 7) is 9.95. The van der Waals surface area contributed by atoms with E-state index in [0.717, 1.165) is 42.9 Å². The monoisotopic (exact) mass is 352 g/mol. The van der Waals surface area contributed by atoms with Gasteiger partial charge in [0.1, 0.15) is 0 Å². The van der Waals surface area contributed by atoms with E-state index in [0.29, 0.717) is 5.75 Å². The van der Waals surface area contributed by atoms with Crippen molar-refractivity contribution in [2.75, 3.05) is 18.8 Å². The van der Waals surface area contributed by atoms with E-state index in [1.54, 1.807) is 0 Å². The van der Waals surface area contributed by atoms with Crippen LogP contribution in [0.25, 0.3) is 16.8 Å². The molecular formula is C22H28N2S. The van der Waals surface area contributed by atoms with E-state index in [-0.39, 0.29) is 0 Å². The van der Waals surface area contributed by atoms with E-state index >= 15 is 0 Å². The van der Waals surface area contributed by atoms with Crippen LogP contribution in [0.3, 0.4) is 0 Å². The molecule has 0 atom stereocenters. The van der Waals surface area contributed by atoms with Crippen LogP contribution >= 0.6 is 12.6 Å². The average Bonchev–Trinajstić information content (AvgIpc) is 2.67. The lowest BCUT2D eigenvalue weighted by Crippen LogP contribution is -2.16. The van der Waals surface area contributed by atoms with Crippen molar-refractivity contribution >= 4 is 18.3 Å². The zero-order valence-electron chi connectivity index (χ0n) is 14.8. The van der Waals surface area contributed by atoms with Crippen LogP contribution in [0, 0.1) is 0 Å². The average molecular weight is 353 g/mol. The predicted molar refractivity (Wildman–Crippen MR) is 114 cm³/mol. The summed E-state index contributed by atoms with van der Waals surface area (Å²) in [5, 5.41) is 6.69. The Kier molecular flexibility index (Phi) is 8.20. The fourth-order valence-electron chi connectivity index (χ4n) is 2.58. The van der Waals surface area contributed by atoms with Crippen molar-refractivity contribution in [1.82, 2.24) is 10.6 Å². The molecule has 0 bridgehead atoms. The third-order valence-electron chi connectivity index (χ3n) is 4.10. The van der Waals surface area contributed by atoms with E-state index < -0.39 is 0 Å². The third-order valence-corrected chi connectivity index (χ3v) is 4.48. The molecule has 0 aliphatic heterocycles. The first-order valence-corrected chi connectivity index (χ1v) is 9.45. The van der Waals surface area contributed by atoms with Gasteiger partial charge in [-0.05, 0) is 36.0 Å². The standard InChI is InChI=1S/C22H28N2S/c1-18(17-25)23-15-7-4-8-16-24-19(2)20-11-13-22(14-12-20)21-9-5-3-6-10-21/h3,5-6,9-14,23-25H,1-2,4,7-8,15-17H2. The van der Waals surface area contributed by atoms with Gasteiger partial charge in [0.05, 0.1) is 0 Å². The Morgan fingerprint density at radius 2 is 1.36 bits per heavy atom. The van der Waals surface area contributed by atoms with Crippen molar-refractivity contribution < 1.29 is 0 Å². The molecule has 2 nitrogen and oxygen atoms in total. The van der Waals surface area contributed by atoms with Crippen LogP contribution in [-0.4, -0.2) is 18.8 Å². The molecule has 0 amide bonds. The molecule has 2 N–H and O–H groups in total. The first kappa shape index (κ1) is 19.2. The molecule has 25 heavy (non-hydrogen) atoms. The second-order valence-corrected chi connectivity index (χ2v) is 6.41. The first-order chi connectivity index (χ1) is 12.2. The van der Waals surface area contributed by atoms with Gasteiger partial charge in [-0.2, -0.15) is 12.6 Å². The Balaban J connectivity index is 1.68. The minimum absolute atomic E-state index is 0.699. The van der Waals surface area contributed by atoms with Crippen molar-refractivity contribution in [1.29, 1.82) is 0 Å². The van der Waals surface area contributed by atoms with Crippen molar-refractivity contribution in [3.05, 3.63) is 79.0 Å². The summed E-state index contributed by atoms with van der Waals surface area (Å²) >= 11 is 4.18. The van der Waals surface area contributed by atoms with Gasteiger partial charge < -0.3 is 10.6 Å². The van der Waals surface area contributed by atoms with Crippen molar-refractivity contribution in [2.45, 2.75) is 19.3 Å². The molecule has 0 heterocycles. The van der Waals surface area contributed by atoms with E-state index in [1.807, 2.05) is 6.07 Å². The van der Waals surface area contributed by atoms with E-state index in [4.69, 9.17) is 0 Å². The van der Waals surface area contributed by atoms with Gasteiger partial charge in [0.2, 0.25) is 0 Å². The minimum Gasteiger partial charge on any atom is -0.388 e. The Labute approximate surface area is 157 Å². The number of hydrogen-bond acceptors (Lipinski definition) is 3. The van der Waals surface area contributed by atoms with Gasteiger partial charge in [-0.1, -0.05) is 67.8 Å². The quantitative estimate of drug-likeness (QED) is 0.386.